The van der Waals surface area contributed by atoms with Crippen LogP contribution in [0.25, 0.3) is 22.2 Å². The first-order valence-electron chi connectivity index (χ1n) is 11.8. The third-order valence-corrected chi connectivity index (χ3v) is 6.89. The zero-order chi connectivity index (χ0) is 24.5. The maximum atomic E-state index is 5.46. The molecule has 1 atom stereocenters. The smallest absolute Gasteiger partial charge is 0.247 e. The van der Waals surface area contributed by atoms with Gasteiger partial charge in [0, 0.05) is 27.4 Å². The predicted octanol–water partition coefficient (Wildman–Crippen LogP) is 7.42. The molecule has 0 saturated carbocycles. The summed E-state index contributed by atoms with van der Waals surface area (Å²) >= 11 is 3.61. The molecule has 5 nitrogen and oxygen atoms in total. The minimum atomic E-state index is -0.0241. The van der Waals surface area contributed by atoms with Gasteiger partial charge >= 0.3 is 0 Å². The van der Waals surface area contributed by atoms with Crippen LogP contribution in [0.4, 0.5) is 5.95 Å². The Kier molecular flexibility index (Phi) is 5.95. The number of hydrazone groups is 1. The summed E-state index contributed by atoms with van der Waals surface area (Å²) in [5.41, 5.74) is 5.97. The first kappa shape index (κ1) is 22.4. The van der Waals surface area contributed by atoms with Gasteiger partial charge < -0.3 is 4.74 Å². The van der Waals surface area contributed by atoms with E-state index in [0.29, 0.717) is 5.95 Å². The number of benzene rings is 4. The number of fused-ring (bicyclic) bond motifs is 1. The topological polar surface area (TPSA) is 50.6 Å². The number of methoxy groups -OCH3 is 1. The molecule has 2 heterocycles. The Morgan fingerprint density at radius 2 is 1.56 bits per heavy atom. The van der Waals surface area contributed by atoms with Crippen LogP contribution in [0.3, 0.4) is 0 Å². The molecule has 4 aromatic carbocycles. The van der Waals surface area contributed by atoms with E-state index in [9.17, 15) is 0 Å². The summed E-state index contributed by atoms with van der Waals surface area (Å²) in [6, 6.07) is 34.8. The molecule has 1 aliphatic rings. The molecule has 36 heavy (non-hydrogen) atoms. The van der Waals surface area contributed by atoms with E-state index in [0.717, 1.165) is 50.1 Å². The normalized spacial score (nSPS) is 15.2. The van der Waals surface area contributed by atoms with Gasteiger partial charge in [-0.3, -0.25) is 0 Å². The Morgan fingerprint density at radius 3 is 2.33 bits per heavy atom. The second-order valence-electron chi connectivity index (χ2n) is 8.65. The standard InChI is InChI=1S/C30H23BrN4O/c1-36-24-14-8-13-22(17-24)27-19-28(20-9-4-2-5-10-20)35(34-27)30-32-26-16-15-23(31)18-25(26)29(33-30)21-11-6-3-7-12-21/h2-18,28H,19H2,1H3/t28-/m1/s1. The Hall–Kier alpha value is -4.03. The van der Waals surface area contributed by atoms with Crippen LogP contribution in [-0.4, -0.2) is 22.8 Å². The summed E-state index contributed by atoms with van der Waals surface area (Å²) in [7, 11) is 1.68. The summed E-state index contributed by atoms with van der Waals surface area (Å²) in [5.74, 6) is 1.39. The van der Waals surface area contributed by atoms with Gasteiger partial charge in [0.2, 0.25) is 5.95 Å². The van der Waals surface area contributed by atoms with Gasteiger partial charge in [-0.2, -0.15) is 5.10 Å². The van der Waals surface area contributed by atoms with Gasteiger partial charge in [0.1, 0.15) is 5.75 Å². The van der Waals surface area contributed by atoms with E-state index in [4.69, 9.17) is 19.8 Å². The van der Waals surface area contributed by atoms with Gasteiger partial charge in [-0.05, 0) is 35.9 Å². The van der Waals surface area contributed by atoms with E-state index >= 15 is 0 Å². The molecule has 0 aliphatic carbocycles. The monoisotopic (exact) mass is 534 g/mol. The van der Waals surface area contributed by atoms with Crippen LogP contribution in [0.15, 0.2) is 113 Å². The summed E-state index contributed by atoms with van der Waals surface area (Å²) < 4.78 is 6.45. The average molecular weight is 535 g/mol. The van der Waals surface area contributed by atoms with Gasteiger partial charge in [-0.25, -0.2) is 15.0 Å². The number of hydrogen-bond donors (Lipinski definition) is 0. The molecule has 6 rings (SSSR count). The van der Waals surface area contributed by atoms with E-state index in [1.165, 1.54) is 5.56 Å². The average Bonchev–Trinajstić information content (AvgIpc) is 3.39. The summed E-state index contributed by atoms with van der Waals surface area (Å²) in [6.07, 6.45) is 0.736. The zero-order valence-electron chi connectivity index (χ0n) is 19.7. The van der Waals surface area contributed by atoms with Crippen LogP contribution < -0.4 is 9.75 Å². The molecule has 1 aliphatic heterocycles. The number of rotatable bonds is 5. The summed E-state index contributed by atoms with van der Waals surface area (Å²) in [6.45, 7) is 0. The van der Waals surface area contributed by atoms with Crippen LogP contribution >= 0.6 is 15.9 Å². The van der Waals surface area contributed by atoms with Gasteiger partial charge in [-0.1, -0.05) is 88.7 Å². The van der Waals surface area contributed by atoms with Crippen LogP contribution in [0.1, 0.15) is 23.6 Å². The van der Waals surface area contributed by atoms with Crippen molar-refractivity contribution in [2.75, 3.05) is 12.1 Å². The summed E-state index contributed by atoms with van der Waals surface area (Å²) in [4.78, 5) is 10.1. The van der Waals surface area contributed by atoms with Crippen molar-refractivity contribution in [1.82, 2.24) is 9.97 Å². The molecular weight excluding hydrogens is 512 g/mol. The maximum Gasteiger partial charge on any atom is 0.247 e. The van der Waals surface area contributed by atoms with Crippen molar-refractivity contribution < 1.29 is 4.74 Å². The van der Waals surface area contributed by atoms with Crippen LogP contribution in [-0.2, 0) is 0 Å². The lowest BCUT2D eigenvalue weighted by Crippen LogP contribution is -2.21. The SMILES string of the molecule is COc1cccc(C2=NN(c3nc(-c4ccccc4)c4cc(Br)ccc4n3)[C@@H](c3ccccc3)C2)c1. The Bertz CT molecular complexity index is 1570. The molecule has 176 valence electrons. The number of anilines is 1. The number of halogens is 1. The quantitative estimate of drug-likeness (QED) is 0.235. The van der Waals surface area contributed by atoms with E-state index in [2.05, 4.69) is 64.5 Å². The molecule has 1 aromatic heterocycles. The Morgan fingerprint density at radius 1 is 0.806 bits per heavy atom. The molecule has 6 heteroatoms. The fourth-order valence-electron chi connectivity index (χ4n) is 4.61. The van der Waals surface area contributed by atoms with Crippen LogP contribution in [0, 0.1) is 0 Å². The molecule has 0 radical (unpaired) electrons. The van der Waals surface area contributed by atoms with Gasteiger partial charge in [0.05, 0.1) is 30.1 Å². The largest absolute Gasteiger partial charge is 0.497 e. The zero-order valence-corrected chi connectivity index (χ0v) is 21.3. The summed E-state index contributed by atoms with van der Waals surface area (Å²) in [5, 5.41) is 8.04. The molecule has 0 amide bonds. The van der Waals surface area contributed by atoms with Crippen molar-refractivity contribution in [1.29, 1.82) is 0 Å². The van der Waals surface area contributed by atoms with Crippen molar-refractivity contribution in [2.24, 2.45) is 5.10 Å². The first-order valence-corrected chi connectivity index (χ1v) is 12.6. The number of nitrogens with zero attached hydrogens (tertiary/aromatic N) is 4. The molecule has 0 bridgehead atoms. The minimum absolute atomic E-state index is 0.0241. The van der Waals surface area contributed by atoms with E-state index in [1.807, 2.05) is 59.6 Å². The van der Waals surface area contributed by atoms with Crippen molar-refractivity contribution in [2.45, 2.75) is 12.5 Å². The van der Waals surface area contributed by atoms with E-state index < -0.39 is 0 Å². The Labute approximate surface area is 218 Å². The minimum Gasteiger partial charge on any atom is -0.497 e. The van der Waals surface area contributed by atoms with Gasteiger partial charge in [0.25, 0.3) is 0 Å². The van der Waals surface area contributed by atoms with Crippen molar-refractivity contribution in [3.8, 4) is 17.0 Å². The fraction of sp³-hybridized carbons (Fsp3) is 0.100. The van der Waals surface area contributed by atoms with E-state index in [-0.39, 0.29) is 6.04 Å². The molecule has 0 N–H and O–H groups in total. The molecular formula is C30H23BrN4O. The lowest BCUT2D eigenvalue weighted by Gasteiger charge is -2.23. The molecule has 0 unspecified atom stereocenters. The fourth-order valence-corrected chi connectivity index (χ4v) is 4.97. The highest BCUT2D eigenvalue weighted by Gasteiger charge is 2.32. The van der Waals surface area contributed by atoms with Crippen molar-refractivity contribution >= 4 is 38.5 Å². The second kappa shape index (κ2) is 9.55. The molecule has 0 saturated heterocycles. The highest BCUT2D eigenvalue weighted by atomic mass is 79.9. The lowest BCUT2D eigenvalue weighted by molar-refractivity contribution is 0.414. The highest BCUT2D eigenvalue weighted by Crippen LogP contribution is 2.38. The maximum absolute atomic E-state index is 5.46. The number of hydrogen-bond acceptors (Lipinski definition) is 5. The van der Waals surface area contributed by atoms with E-state index in [1.54, 1.807) is 7.11 Å². The third-order valence-electron chi connectivity index (χ3n) is 6.40. The molecule has 5 aromatic rings. The third kappa shape index (κ3) is 4.25. The predicted molar refractivity (Wildman–Crippen MR) is 148 cm³/mol. The van der Waals surface area contributed by atoms with Crippen molar-refractivity contribution in [3.05, 3.63) is 119 Å². The highest BCUT2D eigenvalue weighted by molar-refractivity contribution is 9.10. The lowest BCUT2D eigenvalue weighted by atomic mass is 9.98. The molecule has 0 spiro atoms. The van der Waals surface area contributed by atoms with Crippen molar-refractivity contribution in [3.63, 3.8) is 0 Å². The Balaban J connectivity index is 1.53. The van der Waals surface area contributed by atoms with Gasteiger partial charge in [0.15, 0.2) is 0 Å². The second-order valence-corrected chi connectivity index (χ2v) is 9.57. The number of aromatic nitrogens is 2. The van der Waals surface area contributed by atoms with Crippen LogP contribution in [0.2, 0.25) is 0 Å². The van der Waals surface area contributed by atoms with Crippen LogP contribution in [0.5, 0.6) is 5.75 Å². The first-order chi connectivity index (χ1) is 17.7. The number of ether oxygens (including phenoxy) is 1. The molecule has 0 fully saturated rings. The van der Waals surface area contributed by atoms with Gasteiger partial charge in [-0.15, -0.1) is 0 Å².